The highest BCUT2D eigenvalue weighted by Gasteiger charge is 2.34. The van der Waals surface area contributed by atoms with Crippen LogP contribution in [0.15, 0.2) is 49.1 Å². The van der Waals surface area contributed by atoms with Gasteiger partial charge in [0, 0.05) is 57.6 Å². The lowest BCUT2D eigenvalue weighted by atomic mass is 9.88. The van der Waals surface area contributed by atoms with Gasteiger partial charge in [0.15, 0.2) is 0 Å². The van der Waals surface area contributed by atoms with Gasteiger partial charge in [0.1, 0.15) is 29.7 Å². The third kappa shape index (κ3) is 6.28. The number of carbonyl (C=O) groups excluding carboxylic acids is 2. The van der Waals surface area contributed by atoms with E-state index in [4.69, 9.17) is 19.6 Å². The van der Waals surface area contributed by atoms with E-state index in [1.807, 2.05) is 24.7 Å². The summed E-state index contributed by atoms with van der Waals surface area (Å²) < 4.78 is 44.0. The van der Waals surface area contributed by atoms with Crippen molar-refractivity contribution in [3.05, 3.63) is 88.6 Å². The van der Waals surface area contributed by atoms with Crippen LogP contribution in [-0.2, 0) is 46.7 Å². The van der Waals surface area contributed by atoms with Crippen LogP contribution in [0.2, 0.25) is 0 Å². The Morgan fingerprint density at radius 3 is 2.56 bits per heavy atom. The number of amides is 2. The van der Waals surface area contributed by atoms with E-state index < -0.39 is 11.6 Å². The molecule has 0 N–H and O–H groups in total. The second-order valence-corrected chi connectivity index (χ2v) is 14.0. The number of fused-ring (bicyclic) bond motifs is 3. The SMILES string of the molecule is C=CC(=O)N1CCn2nc(-c3nc(-c4ccc5c(c4)CN(C)C(C(=O)N(C)C)C5)c4c(c3-c3c(F)cc(F)cc3OCCOC)CCC4)cc2C1C. The molecule has 2 aliphatic heterocycles. The van der Waals surface area contributed by atoms with Crippen LogP contribution in [0.3, 0.4) is 0 Å². The molecular weight excluding hydrogens is 666 g/mol. The number of rotatable bonds is 9. The zero-order valence-corrected chi connectivity index (χ0v) is 30.3. The molecule has 0 bridgehead atoms. The Hall–Kier alpha value is -4.94. The lowest BCUT2D eigenvalue weighted by molar-refractivity contribution is -0.134. The van der Waals surface area contributed by atoms with Crippen LogP contribution in [0.25, 0.3) is 33.8 Å². The fraction of sp³-hybridized carbons (Fsp3) is 0.400. The van der Waals surface area contributed by atoms with Crippen molar-refractivity contribution in [3.63, 3.8) is 0 Å². The summed E-state index contributed by atoms with van der Waals surface area (Å²) in [5, 5.41) is 5.00. The molecule has 2 unspecified atom stereocenters. The molecule has 0 fully saturated rings. The molecule has 0 saturated heterocycles. The average Bonchev–Trinajstić information content (AvgIpc) is 3.79. The molecule has 7 rings (SSSR count). The summed E-state index contributed by atoms with van der Waals surface area (Å²) in [7, 11) is 7.07. The second-order valence-electron chi connectivity index (χ2n) is 14.0. The molecule has 1 aliphatic carbocycles. The van der Waals surface area contributed by atoms with Crippen molar-refractivity contribution in [1.29, 1.82) is 0 Å². The molecule has 4 heterocycles. The Bertz CT molecular complexity index is 2080. The molecule has 3 aliphatic rings. The number of carbonyl (C=O) groups is 2. The Morgan fingerprint density at radius 2 is 1.81 bits per heavy atom. The highest BCUT2D eigenvalue weighted by atomic mass is 19.1. The van der Waals surface area contributed by atoms with Crippen molar-refractivity contribution in [3.8, 4) is 39.5 Å². The number of nitrogens with zero attached hydrogens (tertiary/aromatic N) is 6. The first-order chi connectivity index (χ1) is 25.0. The van der Waals surface area contributed by atoms with Crippen molar-refractivity contribution >= 4 is 11.8 Å². The molecule has 2 atom stereocenters. The van der Waals surface area contributed by atoms with Gasteiger partial charge in [-0.15, -0.1) is 0 Å². The smallest absolute Gasteiger partial charge is 0.246 e. The van der Waals surface area contributed by atoms with Crippen LogP contribution in [-0.4, -0.2) is 95.3 Å². The van der Waals surface area contributed by atoms with E-state index in [2.05, 4.69) is 29.7 Å². The number of methoxy groups -OCH3 is 1. The first kappa shape index (κ1) is 35.5. The molecule has 2 amide bonds. The minimum atomic E-state index is -0.754. The van der Waals surface area contributed by atoms with Crippen LogP contribution in [0, 0.1) is 11.6 Å². The van der Waals surface area contributed by atoms with Gasteiger partial charge in [0.25, 0.3) is 0 Å². The Morgan fingerprint density at radius 1 is 1.02 bits per heavy atom. The number of hydrogen-bond donors (Lipinski definition) is 0. The van der Waals surface area contributed by atoms with E-state index in [9.17, 15) is 14.0 Å². The summed E-state index contributed by atoms with van der Waals surface area (Å²) in [6, 6.07) is 9.79. The maximum atomic E-state index is 16.2. The maximum Gasteiger partial charge on any atom is 0.246 e. The molecule has 4 aromatic rings. The summed E-state index contributed by atoms with van der Waals surface area (Å²) in [5.74, 6) is -1.52. The van der Waals surface area contributed by atoms with Crippen molar-refractivity contribution in [2.24, 2.45) is 0 Å². The fourth-order valence-electron chi connectivity index (χ4n) is 7.97. The average molecular weight is 711 g/mol. The van der Waals surface area contributed by atoms with Crippen molar-refractivity contribution in [1.82, 2.24) is 29.5 Å². The summed E-state index contributed by atoms with van der Waals surface area (Å²) in [6.07, 6.45) is 4.15. The minimum absolute atomic E-state index is 0.0678. The van der Waals surface area contributed by atoms with Crippen LogP contribution >= 0.6 is 0 Å². The van der Waals surface area contributed by atoms with Gasteiger partial charge < -0.3 is 19.3 Å². The van der Waals surface area contributed by atoms with E-state index in [0.29, 0.717) is 49.4 Å². The molecule has 0 saturated carbocycles. The first-order valence-corrected chi connectivity index (χ1v) is 17.7. The maximum absolute atomic E-state index is 16.2. The first-order valence-electron chi connectivity index (χ1n) is 17.7. The van der Waals surface area contributed by atoms with Crippen molar-refractivity contribution in [2.75, 3.05) is 48.0 Å². The van der Waals surface area contributed by atoms with Crippen LogP contribution in [0.5, 0.6) is 5.75 Å². The Labute approximate surface area is 302 Å². The van der Waals surface area contributed by atoms with Gasteiger partial charge in [-0.25, -0.2) is 13.8 Å². The van der Waals surface area contributed by atoms with Gasteiger partial charge in [-0.2, -0.15) is 5.10 Å². The predicted octanol–water partition coefficient (Wildman–Crippen LogP) is 5.61. The number of benzene rings is 2. The van der Waals surface area contributed by atoms with E-state index in [1.165, 1.54) is 19.3 Å². The number of halogens is 2. The lowest BCUT2D eigenvalue weighted by Gasteiger charge is -2.34. The largest absolute Gasteiger partial charge is 0.490 e. The Balaban J connectivity index is 1.42. The third-order valence-corrected chi connectivity index (χ3v) is 10.6. The standard InChI is InChI=1S/C40H44F2N6O4/c1-7-35(49)47-13-14-48-32(23(47)2)21-31(44-48)39-36(37-30(42)19-27(41)20-34(37)52-16-15-51-6)28-9-8-10-29(28)38(43-39)25-12-11-24-18-33(40(50)45(3)4)46(5)22-26(24)17-25/h7,11-12,17,19-21,23,33H,1,8-10,13-16,18,22H2,2-6H3. The number of pyridine rings is 1. The number of ether oxygens (including phenoxy) is 2. The summed E-state index contributed by atoms with van der Waals surface area (Å²) in [4.78, 5) is 36.4. The van der Waals surface area contributed by atoms with Crippen molar-refractivity contribution < 1.29 is 27.8 Å². The second kappa shape index (κ2) is 14.2. The molecule has 272 valence electrons. The van der Waals surface area contributed by atoms with E-state index in [0.717, 1.165) is 58.1 Å². The molecule has 52 heavy (non-hydrogen) atoms. The normalized spacial score (nSPS) is 18.1. The Kier molecular flexibility index (Phi) is 9.71. The van der Waals surface area contributed by atoms with Crippen LogP contribution in [0.4, 0.5) is 8.78 Å². The predicted molar refractivity (Wildman–Crippen MR) is 194 cm³/mol. The zero-order chi connectivity index (χ0) is 36.8. The highest BCUT2D eigenvalue weighted by Crippen LogP contribution is 2.47. The van der Waals surface area contributed by atoms with Gasteiger partial charge in [-0.1, -0.05) is 18.7 Å². The van der Waals surface area contributed by atoms with E-state index in [-0.39, 0.29) is 48.4 Å². The quantitative estimate of drug-likeness (QED) is 0.165. The molecule has 12 heteroatoms. The highest BCUT2D eigenvalue weighted by molar-refractivity contribution is 5.90. The van der Waals surface area contributed by atoms with E-state index in [1.54, 1.807) is 23.9 Å². The van der Waals surface area contributed by atoms with Gasteiger partial charge in [0.05, 0.1) is 47.9 Å². The third-order valence-electron chi connectivity index (χ3n) is 10.6. The minimum Gasteiger partial charge on any atom is -0.490 e. The number of hydrogen-bond acceptors (Lipinski definition) is 7. The molecule has 0 radical (unpaired) electrons. The van der Waals surface area contributed by atoms with Gasteiger partial charge >= 0.3 is 0 Å². The van der Waals surface area contributed by atoms with Gasteiger partial charge in [0.2, 0.25) is 11.8 Å². The van der Waals surface area contributed by atoms with Crippen LogP contribution in [0.1, 0.15) is 47.3 Å². The number of likely N-dealkylation sites (N-methyl/N-ethyl adjacent to an activating group) is 2. The van der Waals surface area contributed by atoms with Crippen molar-refractivity contribution in [2.45, 2.75) is 57.8 Å². The van der Waals surface area contributed by atoms with Gasteiger partial charge in [-0.3, -0.25) is 19.2 Å². The molecule has 2 aromatic heterocycles. The van der Waals surface area contributed by atoms with Crippen LogP contribution < -0.4 is 4.74 Å². The topological polar surface area (TPSA) is 93.0 Å². The number of aromatic nitrogens is 3. The molecule has 2 aromatic carbocycles. The van der Waals surface area contributed by atoms with E-state index >= 15 is 4.39 Å². The molecule has 0 spiro atoms. The molecular formula is C40H44F2N6O4. The lowest BCUT2D eigenvalue weighted by Crippen LogP contribution is -2.48. The monoisotopic (exact) mass is 710 g/mol. The summed E-state index contributed by atoms with van der Waals surface area (Å²) in [5.41, 5.74) is 8.36. The van der Waals surface area contributed by atoms with Gasteiger partial charge in [-0.05, 0) is 80.1 Å². The summed E-state index contributed by atoms with van der Waals surface area (Å²) in [6.45, 7) is 7.50. The zero-order valence-electron chi connectivity index (χ0n) is 30.3. The fourth-order valence-corrected chi connectivity index (χ4v) is 7.97. The summed E-state index contributed by atoms with van der Waals surface area (Å²) >= 11 is 0. The molecule has 10 nitrogen and oxygen atoms in total.